The molecule has 0 spiro atoms. The first kappa shape index (κ1) is 23.5. The van der Waals surface area contributed by atoms with E-state index in [2.05, 4.69) is 66.4 Å². The second-order valence-corrected chi connectivity index (χ2v) is 8.35. The van der Waals surface area contributed by atoms with Crippen molar-refractivity contribution in [1.82, 2.24) is 4.90 Å². The average molecular weight is 411 g/mol. The van der Waals surface area contributed by atoms with E-state index in [1.165, 1.54) is 55.8 Å². The van der Waals surface area contributed by atoms with Crippen molar-refractivity contribution in [3.05, 3.63) is 71.3 Å². The summed E-state index contributed by atoms with van der Waals surface area (Å²) in [6, 6.07) is 21.8. The van der Waals surface area contributed by atoms with Crippen molar-refractivity contribution < 1.29 is 0 Å². The molecule has 0 aromatic heterocycles. The lowest BCUT2D eigenvalue weighted by Crippen LogP contribution is -2.27. The van der Waals surface area contributed by atoms with Crippen LogP contribution in [0.15, 0.2) is 54.6 Å². The van der Waals surface area contributed by atoms with Gasteiger partial charge in [-0.15, -0.1) is 11.6 Å². The van der Waals surface area contributed by atoms with Gasteiger partial charge in [0.1, 0.15) is 0 Å². The fourth-order valence-corrected chi connectivity index (χ4v) is 4.51. The van der Waals surface area contributed by atoms with Gasteiger partial charge in [0.05, 0.1) is 6.07 Å². The van der Waals surface area contributed by atoms with E-state index in [0.29, 0.717) is 11.3 Å². The molecule has 0 heterocycles. The van der Waals surface area contributed by atoms with Gasteiger partial charge in [-0.2, -0.15) is 5.26 Å². The molecule has 3 rings (SSSR count). The zero-order chi connectivity index (χ0) is 20.9. The van der Waals surface area contributed by atoms with Gasteiger partial charge in [-0.25, -0.2) is 0 Å². The molecule has 0 bridgehead atoms. The van der Waals surface area contributed by atoms with Gasteiger partial charge in [0.15, 0.2) is 0 Å². The van der Waals surface area contributed by atoms with E-state index in [9.17, 15) is 0 Å². The molecule has 1 fully saturated rings. The third kappa shape index (κ3) is 8.21. The highest BCUT2D eigenvalue weighted by Crippen LogP contribution is 2.38. The van der Waals surface area contributed by atoms with Gasteiger partial charge in [-0.1, -0.05) is 67.9 Å². The van der Waals surface area contributed by atoms with Crippen molar-refractivity contribution in [1.29, 1.82) is 5.26 Å². The van der Waals surface area contributed by atoms with Gasteiger partial charge in [0, 0.05) is 24.8 Å². The normalized spacial score (nSPS) is 18.2. The van der Waals surface area contributed by atoms with Crippen molar-refractivity contribution in [2.75, 3.05) is 19.6 Å². The summed E-state index contributed by atoms with van der Waals surface area (Å²) in [5.74, 6) is 0.569. The Morgan fingerprint density at radius 1 is 0.966 bits per heavy atom. The first-order chi connectivity index (χ1) is 14.2. The smallest absolute Gasteiger partial charge is 0.0587 e. The van der Waals surface area contributed by atoms with Gasteiger partial charge in [0.2, 0.25) is 0 Å². The van der Waals surface area contributed by atoms with Crippen LogP contribution in [0.5, 0.6) is 0 Å². The summed E-state index contributed by atoms with van der Waals surface area (Å²) in [4.78, 5) is 2.57. The summed E-state index contributed by atoms with van der Waals surface area (Å²) in [5.41, 5.74) is 4.33. The summed E-state index contributed by atoms with van der Waals surface area (Å²) >= 11 is 6.46. The third-order valence-electron chi connectivity index (χ3n) is 5.79. The lowest BCUT2D eigenvalue weighted by Gasteiger charge is -2.20. The number of alkyl halides is 1. The Kier molecular flexibility index (Phi) is 10.8. The van der Waals surface area contributed by atoms with Crippen LogP contribution in [0.3, 0.4) is 0 Å². The second kappa shape index (κ2) is 13.4. The Labute approximate surface area is 182 Å². The lowest BCUT2D eigenvalue weighted by molar-refractivity contribution is 0.288. The summed E-state index contributed by atoms with van der Waals surface area (Å²) in [5, 5.41) is 7.66. The van der Waals surface area contributed by atoms with Crippen molar-refractivity contribution in [3.63, 3.8) is 0 Å². The third-order valence-corrected chi connectivity index (χ3v) is 6.31. The van der Waals surface area contributed by atoms with E-state index in [4.69, 9.17) is 16.9 Å². The van der Waals surface area contributed by atoms with Crippen LogP contribution in [0.25, 0.3) is 0 Å². The molecule has 2 aromatic rings. The zero-order valence-electron chi connectivity index (χ0n) is 18.0. The first-order valence-corrected chi connectivity index (χ1v) is 11.4. The van der Waals surface area contributed by atoms with Crippen molar-refractivity contribution in [3.8, 4) is 6.07 Å². The highest BCUT2D eigenvalue weighted by Gasteiger charge is 2.26. The number of hydrogen-bond acceptors (Lipinski definition) is 2. The molecule has 3 heteroatoms. The fourth-order valence-electron chi connectivity index (χ4n) is 4.09. The molecule has 1 aliphatic carbocycles. The maximum absolute atomic E-state index is 7.32. The van der Waals surface area contributed by atoms with Crippen molar-refractivity contribution in [2.24, 2.45) is 0 Å². The van der Waals surface area contributed by atoms with Gasteiger partial charge in [-0.05, 0) is 61.9 Å². The molecule has 2 unspecified atom stereocenters. The highest BCUT2D eigenvalue weighted by atomic mass is 35.5. The number of rotatable bonds is 9. The summed E-state index contributed by atoms with van der Waals surface area (Å²) in [7, 11) is 0. The molecule has 0 N–H and O–H groups in total. The van der Waals surface area contributed by atoms with Crippen LogP contribution in [0.2, 0.25) is 0 Å². The number of aryl methyl sites for hydroxylation is 1. The monoisotopic (exact) mass is 410 g/mol. The molecular weight excluding hydrogens is 376 g/mol. The van der Waals surface area contributed by atoms with Crippen LogP contribution in [-0.2, 0) is 12.8 Å². The minimum Gasteiger partial charge on any atom is -0.303 e. The summed E-state index contributed by atoms with van der Waals surface area (Å²) in [6.07, 6.45) is 7.23. The first-order valence-electron chi connectivity index (χ1n) is 11.0. The average Bonchev–Trinajstić information content (AvgIpc) is 3.18. The summed E-state index contributed by atoms with van der Waals surface area (Å²) < 4.78 is 0. The van der Waals surface area contributed by atoms with E-state index in [1.807, 2.05) is 0 Å². The Hall–Kier alpha value is -1.82. The molecule has 2 aromatic carbocycles. The predicted octanol–water partition coefficient (Wildman–Crippen LogP) is 6.59. The number of halogens is 1. The topological polar surface area (TPSA) is 27.0 Å². The predicted molar refractivity (Wildman–Crippen MR) is 125 cm³/mol. The van der Waals surface area contributed by atoms with Gasteiger partial charge in [-0.3, -0.25) is 0 Å². The van der Waals surface area contributed by atoms with Crippen LogP contribution in [-0.4, -0.2) is 29.9 Å². The minimum atomic E-state index is 0.337. The minimum absolute atomic E-state index is 0.337. The Morgan fingerprint density at radius 3 is 2.21 bits per heavy atom. The Bertz CT molecular complexity index is 721. The van der Waals surface area contributed by atoms with Gasteiger partial charge < -0.3 is 4.90 Å². The van der Waals surface area contributed by atoms with Crippen molar-refractivity contribution in [2.45, 2.75) is 63.7 Å². The number of likely N-dealkylation sites (N-methyl/N-ethyl adjacent to an activating group) is 1. The second-order valence-electron chi connectivity index (χ2n) is 7.79. The summed E-state index contributed by atoms with van der Waals surface area (Å²) in [6.45, 7) is 7.16. The molecule has 0 amide bonds. The number of hydrogen-bond donors (Lipinski definition) is 0. The van der Waals surface area contributed by atoms with Gasteiger partial charge in [0.25, 0.3) is 0 Å². The molecule has 156 valence electrons. The van der Waals surface area contributed by atoms with Crippen LogP contribution in [0.4, 0.5) is 0 Å². The van der Waals surface area contributed by atoms with Gasteiger partial charge >= 0.3 is 0 Å². The number of nitrogens with zero attached hydrogens (tertiary/aromatic N) is 2. The molecule has 2 nitrogen and oxygen atoms in total. The number of nitriles is 1. The van der Waals surface area contributed by atoms with Crippen LogP contribution in [0, 0.1) is 11.3 Å². The lowest BCUT2D eigenvalue weighted by atomic mass is 9.95. The largest absolute Gasteiger partial charge is 0.303 e. The quantitative estimate of drug-likeness (QED) is 0.436. The molecule has 29 heavy (non-hydrogen) atoms. The molecule has 0 radical (unpaired) electrons. The number of benzene rings is 2. The molecular formula is C26H35ClN2. The van der Waals surface area contributed by atoms with Crippen LogP contribution >= 0.6 is 11.6 Å². The standard InChI is InChI=1S/C24H32ClN.C2H3N/c1-2-26(19-17-20-8-4-3-5-9-20)18-7-10-21-13-15-22(16-14-21)23-11-6-12-24(23)25;1-2-3/h3-5,8-9,13-16,23-24H,2,6-7,10-12,17-19H2,1H3;1H3. The van der Waals surface area contributed by atoms with E-state index in [0.717, 1.165) is 25.9 Å². The molecule has 0 aliphatic heterocycles. The Balaban J connectivity index is 0.000000941. The van der Waals surface area contributed by atoms with Crippen LogP contribution in [0.1, 0.15) is 62.1 Å². The molecule has 2 atom stereocenters. The maximum Gasteiger partial charge on any atom is 0.0587 e. The van der Waals surface area contributed by atoms with E-state index in [-0.39, 0.29) is 0 Å². The zero-order valence-corrected chi connectivity index (χ0v) is 18.7. The SMILES string of the molecule is CC#N.CCN(CCCc1ccc(C2CCCC2Cl)cc1)CCc1ccccc1. The Morgan fingerprint density at radius 2 is 1.62 bits per heavy atom. The van der Waals surface area contributed by atoms with E-state index in [1.54, 1.807) is 6.07 Å². The molecule has 1 saturated carbocycles. The molecule has 1 aliphatic rings. The highest BCUT2D eigenvalue weighted by molar-refractivity contribution is 6.21. The van der Waals surface area contributed by atoms with E-state index < -0.39 is 0 Å². The van der Waals surface area contributed by atoms with E-state index >= 15 is 0 Å². The van der Waals surface area contributed by atoms with Crippen LogP contribution < -0.4 is 0 Å². The molecule has 0 saturated heterocycles. The van der Waals surface area contributed by atoms with Crippen molar-refractivity contribution >= 4 is 11.6 Å². The fraction of sp³-hybridized carbons (Fsp3) is 0.500. The maximum atomic E-state index is 7.32.